The van der Waals surface area contributed by atoms with Crippen molar-refractivity contribution in [1.82, 2.24) is 4.98 Å². The Kier molecular flexibility index (Phi) is 3.10. The van der Waals surface area contributed by atoms with Gasteiger partial charge in [-0.3, -0.25) is 0 Å². The van der Waals surface area contributed by atoms with Crippen molar-refractivity contribution in [1.29, 1.82) is 0 Å². The summed E-state index contributed by atoms with van der Waals surface area (Å²) >= 11 is 0. The van der Waals surface area contributed by atoms with Crippen LogP contribution in [0.5, 0.6) is 0 Å². The summed E-state index contributed by atoms with van der Waals surface area (Å²) in [6, 6.07) is 8.66. The van der Waals surface area contributed by atoms with Gasteiger partial charge < -0.3 is 4.98 Å². The molecule has 2 rings (SSSR count). The molecule has 0 amide bonds. The number of hydrogen-bond donors (Lipinski definition) is 1. The number of aromatic amines is 1. The molecular formula is C14H19N. The number of aromatic nitrogens is 1. The molecule has 0 fully saturated rings. The van der Waals surface area contributed by atoms with Crippen LogP contribution < -0.4 is 0 Å². The lowest BCUT2D eigenvalue weighted by molar-refractivity contribution is 0.711. The molecule has 1 aromatic heterocycles. The second-order valence-corrected chi connectivity index (χ2v) is 4.23. The monoisotopic (exact) mass is 201 g/mol. The number of unbranched alkanes of at least 4 members (excludes halogenated alkanes) is 2. The fraction of sp³-hybridized carbons (Fsp3) is 0.429. The Morgan fingerprint density at radius 3 is 2.53 bits per heavy atom. The Labute approximate surface area is 91.5 Å². The predicted molar refractivity (Wildman–Crippen MR) is 66.3 cm³/mol. The minimum absolute atomic E-state index is 1.18. The van der Waals surface area contributed by atoms with E-state index in [1.807, 2.05) is 0 Å². The molecule has 0 atom stereocenters. The van der Waals surface area contributed by atoms with Gasteiger partial charge in [0.2, 0.25) is 0 Å². The van der Waals surface area contributed by atoms with Crippen molar-refractivity contribution in [2.45, 2.75) is 39.5 Å². The van der Waals surface area contributed by atoms with Gasteiger partial charge in [-0.05, 0) is 19.8 Å². The van der Waals surface area contributed by atoms with E-state index in [0.29, 0.717) is 0 Å². The van der Waals surface area contributed by atoms with Crippen LogP contribution in [-0.2, 0) is 6.42 Å². The van der Waals surface area contributed by atoms with E-state index in [0.717, 1.165) is 0 Å². The number of nitrogens with one attached hydrogen (secondary N) is 1. The van der Waals surface area contributed by atoms with Gasteiger partial charge >= 0.3 is 0 Å². The van der Waals surface area contributed by atoms with Crippen molar-refractivity contribution >= 4 is 10.8 Å². The van der Waals surface area contributed by atoms with Crippen LogP contribution in [0.25, 0.3) is 10.8 Å². The molecule has 0 aliphatic carbocycles. The molecule has 1 heterocycles. The minimum atomic E-state index is 1.18. The van der Waals surface area contributed by atoms with Gasteiger partial charge in [0, 0.05) is 22.2 Å². The highest BCUT2D eigenvalue weighted by molar-refractivity contribution is 5.87. The van der Waals surface area contributed by atoms with Gasteiger partial charge in [-0.2, -0.15) is 0 Å². The number of hydrogen-bond acceptors (Lipinski definition) is 0. The molecule has 0 unspecified atom stereocenters. The summed E-state index contributed by atoms with van der Waals surface area (Å²) in [5.41, 5.74) is 2.72. The van der Waals surface area contributed by atoms with Gasteiger partial charge in [-0.15, -0.1) is 0 Å². The average Bonchev–Trinajstić information content (AvgIpc) is 2.58. The molecule has 0 spiro atoms. The highest BCUT2D eigenvalue weighted by Gasteiger charge is 2.05. The van der Waals surface area contributed by atoms with E-state index in [-0.39, 0.29) is 0 Å². The lowest BCUT2D eigenvalue weighted by atomic mass is 10.1. The molecule has 0 saturated carbocycles. The number of benzene rings is 1. The van der Waals surface area contributed by atoms with Crippen molar-refractivity contribution in [2.75, 3.05) is 0 Å². The van der Waals surface area contributed by atoms with Gasteiger partial charge in [0.25, 0.3) is 0 Å². The lowest BCUT2D eigenvalue weighted by Crippen LogP contribution is -1.86. The predicted octanol–water partition coefficient (Wildman–Crippen LogP) is 4.21. The SMILES string of the molecule is CCCCCc1[nH]c(C)c2ccccc12. The molecule has 15 heavy (non-hydrogen) atoms. The molecule has 0 radical (unpaired) electrons. The highest BCUT2D eigenvalue weighted by Crippen LogP contribution is 2.23. The minimum Gasteiger partial charge on any atom is -0.361 e. The van der Waals surface area contributed by atoms with E-state index < -0.39 is 0 Å². The molecule has 1 heteroatoms. The van der Waals surface area contributed by atoms with Crippen molar-refractivity contribution in [2.24, 2.45) is 0 Å². The topological polar surface area (TPSA) is 15.8 Å². The zero-order chi connectivity index (χ0) is 10.7. The van der Waals surface area contributed by atoms with Crippen LogP contribution in [0, 0.1) is 6.92 Å². The van der Waals surface area contributed by atoms with E-state index in [1.54, 1.807) is 0 Å². The quantitative estimate of drug-likeness (QED) is 0.713. The fourth-order valence-electron chi connectivity index (χ4n) is 2.18. The molecule has 0 bridgehead atoms. The molecule has 1 aromatic carbocycles. The first kappa shape index (κ1) is 10.3. The summed E-state index contributed by atoms with van der Waals surface area (Å²) in [5.74, 6) is 0. The van der Waals surface area contributed by atoms with Gasteiger partial charge in [0.05, 0.1) is 0 Å². The first-order valence-corrected chi connectivity index (χ1v) is 5.89. The summed E-state index contributed by atoms with van der Waals surface area (Å²) in [6.45, 7) is 4.41. The third-order valence-corrected chi connectivity index (χ3v) is 3.02. The molecule has 2 aromatic rings. The summed E-state index contributed by atoms with van der Waals surface area (Å²) in [5, 5.41) is 2.79. The normalized spacial score (nSPS) is 11.1. The van der Waals surface area contributed by atoms with E-state index in [9.17, 15) is 0 Å². The molecule has 0 saturated heterocycles. The van der Waals surface area contributed by atoms with Crippen molar-refractivity contribution in [3.05, 3.63) is 35.7 Å². The van der Waals surface area contributed by atoms with E-state index >= 15 is 0 Å². The number of aryl methyl sites for hydroxylation is 2. The van der Waals surface area contributed by atoms with Crippen molar-refractivity contribution in [3.8, 4) is 0 Å². The van der Waals surface area contributed by atoms with E-state index in [4.69, 9.17) is 0 Å². The molecule has 80 valence electrons. The summed E-state index contributed by atoms with van der Waals surface area (Å²) in [4.78, 5) is 3.51. The van der Waals surface area contributed by atoms with Crippen molar-refractivity contribution in [3.63, 3.8) is 0 Å². The number of rotatable bonds is 4. The molecule has 0 aliphatic heterocycles. The van der Waals surface area contributed by atoms with E-state index in [2.05, 4.69) is 43.1 Å². The molecule has 0 aliphatic rings. The molecule has 1 N–H and O–H groups in total. The van der Waals surface area contributed by atoms with E-state index in [1.165, 1.54) is 47.8 Å². The smallest absolute Gasteiger partial charge is 0.0228 e. The van der Waals surface area contributed by atoms with Crippen molar-refractivity contribution < 1.29 is 0 Å². The maximum Gasteiger partial charge on any atom is 0.0228 e. The average molecular weight is 201 g/mol. The van der Waals surface area contributed by atoms with Gasteiger partial charge in [-0.25, -0.2) is 0 Å². The van der Waals surface area contributed by atoms with Crippen LogP contribution in [0.3, 0.4) is 0 Å². The van der Waals surface area contributed by atoms with Crippen LogP contribution in [0.4, 0.5) is 0 Å². The first-order chi connectivity index (χ1) is 7.33. The maximum atomic E-state index is 3.51. The number of H-pyrrole nitrogens is 1. The van der Waals surface area contributed by atoms with Crippen LogP contribution in [0.15, 0.2) is 24.3 Å². The third-order valence-electron chi connectivity index (χ3n) is 3.02. The fourth-order valence-corrected chi connectivity index (χ4v) is 2.18. The van der Waals surface area contributed by atoms with Crippen LogP contribution >= 0.6 is 0 Å². The van der Waals surface area contributed by atoms with Gasteiger partial charge in [-0.1, -0.05) is 44.0 Å². The Morgan fingerprint density at radius 1 is 1.07 bits per heavy atom. The zero-order valence-electron chi connectivity index (χ0n) is 9.64. The first-order valence-electron chi connectivity index (χ1n) is 5.89. The number of fused-ring (bicyclic) bond motifs is 1. The van der Waals surface area contributed by atoms with Crippen LogP contribution in [0.1, 0.15) is 37.6 Å². The third kappa shape index (κ3) is 2.06. The second-order valence-electron chi connectivity index (χ2n) is 4.23. The molecule has 1 nitrogen and oxygen atoms in total. The maximum absolute atomic E-state index is 3.51. The highest BCUT2D eigenvalue weighted by atomic mass is 14.7. The van der Waals surface area contributed by atoms with Crippen LogP contribution in [-0.4, -0.2) is 4.98 Å². The zero-order valence-corrected chi connectivity index (χ0v) is 9.64. The lowest BCUT2D eigenvalue weighted by Gasteiger charge is -1.98. The molecular weight excluding hydrogens is 182 g/mol. The van der Waals surface area contributed by atoms with Crippen LogP contribution in [0.2, 0.25) is 0 Å². The van der Waals surface area contributed by atoms with Gasteiger partial charge in [0.1, 0.15) is 0 Å². The summed E-state index contributed by atoms with van der Waals surface area (Å²) in [7, 11) is 0. The summed E-state index contributed by atoms with van der Waals surface area (Å²) in [6.07, 6.45) is 5.09. The Bertz CT molecular complexity index is 440. The Balaban J connectivity index is 2.27. The Hall–Kier alpha value is -1.24. The Morgan fingerprint density at radius 2 is 1.80 bits per heavy atom. The summed E-state index contributed by atoms with van der Waals surface area (Å²) < 4.78 is 0. The largest absolute Gasteiger partial charge is 0.361 e. The second kappa shape index (κ2) is 4.52. The standard InChI is InChI=1S/C14H19N/c1-3-4-5-10-14-13-9-7-6-8-12(13)11(2)15-14/h6-9,15H,3-5,10H2,1-2H3. The van der Waals surface area contributed by atoms with Gasteiger partial charge in [0.15, 0.2) is 0 Å².